The second kappa shape index (κ2) is 5.10. The van der Waals surface area contributed by atoms with Crippen LogP contribution in [0, 0.1) is 0 Å². The van der Waals surface area contributed by atoms with E-state index in [1.54, 1.807) is 0 Å². The maximum atomic E-state index is 12.1. The Morgan fingerprint density at radius 2 is 2.20 bits per heavy atom. The van der Waals surface area contributed by atoms with Gasteiger partial charge in [0.1, 0.15) is 15.7 Å². The fourth-order valence-electron chi connectivity index (χ4n) is 1.46. The van der Waals surface area contributed by atoms with Crippen molar-refractivity contribution in [3.8, 4) is 0 Å². The zero-order valence-corrected chi connectivity index (χ0v) is 11.7. The first kappa shape index (κ1) is 14.3. The molecule has 2 N–H and O–H groups in total. The van der Waals surface area contributed by atoms with Crippen molar-refractivity contribution in [3.05, 3.63) is 35.4 Å². The van der Waals surface area contributed by atoms with Gasteiger partial charge in [0, 0.05) is 19.4 Å². The molecule has 0 aliphatic rings. The Bertz CT molecular complexity index is 771. The molecule has 0 aromatic carbocycles. The van der Waals surface area contributed by atoms with Crippen molar-refractivity contribution in [1.82, 2.24) is 14.5 Å². The average molecular weight is 317 g/mol. The lowest BCUT2D eigenvalue weighted by atomic mass is 10.4. The van der Waals surface area contributed by atoms with Gasteiger partial charge in [0.2, 0.25) is 5.95 Å². The summed E-state index contributed by atoms with van der Waals surface area (Å²) in [7, 11) is -2.55. The fraction of sp³-hybridized carbons (Fsp3) is 0.100. The molecule has 0 saturated heterocycles. The van der Waals surface area contributed by atoms with Crippen molar-refractivity contribution in [2.24, 2.45) is 7.05 Å². The first-order valence-electron chi connectivity index (χ1n) is 5.20. The van der Waals surface area contributed by atoms with E-state index in [9.17, 15) is 13.2 Å². The molecule has 0 saturated carbocycles. The second-order valence-electron chi connectivity index (χ2n) is 3.79. The minimum absolute atomic E-state index is 0.0805. The van der Waals surface area contributed by atoms with Gasteiger partial charge in [-0.15, -0.1) is 0 Å². The van der Waals surface area contributed by atoms with Gasteiger partial charge in [0.15, 0.2) is 0 Å². The lowest BCUT2D eigenvalue weighted by Gasteiger charge is -2.04. The molecule has 0 radical (unpaired) electrons. The highest BCUT2D eigenvalue weighted by atomic mass is 35.5. The Morgan fingerprint density at radius 3 is 2.75 bits per heavy atom. The van der Waals surface area contributed by atoms with Gasteiger partial charge in [0.05, 0.1) is 0 Å². The topological polar surface area (TPSA) is 114 Å². The Hall–Kier alpha value is -2.13. The average Bonchev–Trinajstić information content (AvgIpc) is 2.71. The molecular formula is C10H9ClN4O4S. The van der Waals surface area contributed by atoms with Crippen LogP contribution < -0.4 is 4.72 Å². The molecule has 0 aliphatic carbocycles. The molecule has 0 aliphatic heterocycles. The molecule has 2 aromatic rings. The SMILES string of the molecule is Cn1cc(S(=O)(=O)Nc2nccc(Cl)n2)cc1C(=O)O. The van der Waals surface area contributed by atoms with Crippen LogP contribution in [0.4, 0.5) is 5.95 Å². The van der Waals surface area contributed by atoms with E-state index in [-0.39, 0.29) is 21.7 Å². The van der Waals surface area contributed by atoms with E-state index in [4.69, 9.17) is 16.7 Å². The van der Waals surface area contributed by atoms with Crippen LogP contribution in [-0.2, 0) is 17.1 Å². The van der Waals surface area contributed by atoms with E-state index in [0.717, 1.165) is 6.07 Å². The van der Waals surface area contributed by atoms with Crippen molar-refractivity contribution < 1.29 is 18.3 Å². The van der Waals surface area contributed by atoms with Crippen LogP contribution in [0.15, 0.2) is 29.4 Å². The highest BCUT2D eigenvalue weighted by Crippen LogP contribution is 2.17. The summed E-state index contributed by atoms with van der Waals surface area (Å²) in [6.07, 6.45) is 2.47. The molecular weight excluding hydrogens is 308 g/mol. The Labute approximate surface area is 119 Å². The Kier molecular flexibility index (Phi) is 3.64. The number of carboxylic acid groups (broad SMARTS) is 1. The normalized spacial score (nSPS) is 11.3. The zero-order valence-electron chi connectivity index (χ0n) is 10.1. The number of halogens is 1. The number of rotatable bonds is 4. The maximum Gasteiger partial charge on any atom is 0.352 e. The monoisotopic (exact) mass is 316 g/mol. The molecule has 0 amide bonds. The number of nitrogens with zero attached hydrogens (tertiary/aromatic N) is 3. The molecule has 0 bridgehead atoms. The lowest BCUT2D eigenvalue weighted by Crippen LogP contribution is -2.14. The smallest absolute Gasteiger partial charge is 0.352 e. The summed E-state index contributed by atoms with van der Waals surface area (Å²) in [6, 6.07) is 2.43. The van der Waals surface area contributed by atoms with Crippen molar-refractivity contribution in [2.45, 2.75) is 4.90 Å². The van der Waals surface area contributed by atoms with Crippen LogP contribution in [-0.4, -0.2) is 34.0 Å². The summed E-state index contributed by atoms with van der Waals surface area (Å²) in [5.74, 6) is -1.42. The van der Waals surface area contributed by atoms with Gasteiger partial charge in [-0.05, 0) is 12.1 Å². The van der Waals surface area contributed by atoms with Crippen LogP contribution in [0.3, 0.4) is 0 Å². The number of carboxylic acids is 1. The van der Waals surface area contributed by atoms with Gasteiger partial charge in [0.25, 0.3) is 10.0 Å². The van der Waals surface area contributed by atoms with Crippen molar-refractivity contribution >= 4 is 33.5 Å². The summed E-state index contributed by atoms with van der Waals surface area (Å²) in [5.41, 5.74) is -0.155. The molecule has 0 unspecified atom stereocenters. The first-order chi connectivity index (χ1) is 9.29. The van der Waals surface area contributed by atoms with E-state index >= 15 is 0 Å². The minimum atomic E-state index is -3.98. The minimum Gasteiger partial charge on any atom is -0.477 e. The summed E-state index contributed by atoms with van der Waals surface area (Å²) in [5, 5.41) is 8.97. The number of sulfonamides is 1. The molecule has 20 heavy (non-hydrogen) atoms. The number of hydrogen-bond acceptors (Lipinski definition) is 5. The predicted octanol–water partition coefficient (Wildman–Crippen LogP) is 0.968. The van der Waals surface area contributed by atoms with E-state index in [1.165, 1.54) is 30.1 Å². The lowest BCUT2D eigenvalue weighted by molar-refractivity contribution is 0.0686. The van der Waals surface area contributed by atoms with Gasteiger partial charge in [-0.2, -0.15) is 0 Å². The molecule has 2 rings (SSSR count). The van der Waals surface area contributed by atoms with Crippen LogP contribution in [0.2, 0.25) is 5.15 Å². The zero-order chi connectivity index (χ0) is 14.9. The molecule has 0 fully saturated rings. The Balaban J connectivity index is 2.36. The van der Waals surface area contributed by atoms with Crippen LogP contribution >= 0.6 is 11.6 Å². The summed E-state index contributed by atoms with van der Waals surface area (Å²) in [6.45, 7) is 0. The van der Waals surface area contributed by atoms with Gasteiger partial charge in [-0.3, -0.25) is 0 Å². The summed E-state index contributed by atoms with van der Waals surface area (Å²) in [4.78, 5) is 18.1. The predicted molar refractivity (Wildman–Crippen MR) is 70.2 cm³/mol. The van der Waals surface area contributed by atoms with Gasteiger partial charge in [-0.1, -0.05) is 11.6 Å². The largest absolute Gasteiger partial charge is 0.477 e. The summed E-state index contributed by atoms with van der Waals surface area (Å²) >= 11 is 5.62. The molecule has 8 nitrogen and oxygen atoms in total. The van der Waals surface area contributed by atoms with Crippen LogP contribution in [0.5, 0.6) is 0 Å². The van der Waals surface area contributed by atoms with E-state index in [2.05, 4.69) is 14.7 Å². The molecule has 10 heteroatoms. The Morgan fingerprint density at radius 1 is 1.50 bits per heavy atom. The van der Waals surface area contributed by atoms with Gasteiger partial charge < -0.3 is 9.67 Å². The molecule has 106 valence electrons. The number of nitrogens with one attached hydrogen (secondary N) is 1. The van der Waals surface area contributed by atoms with Gasteiger partial charge in [-0.25, -0.2) is 27.9 Å². The number of carbonyl (C=O) groups is 1. The van der Waals surface area contributed by atoms with Crippen molar-refractivity contribution in [1.29, 1.82) is 0 Å². The molecule has 0 spiro atoms. The third-order valence-corrected chi connectivity index (χ3v) is 3.86. The van der Waals surface area contributed by atoms with Crippen LogP contribution in [0.25, 0.3) is 0 Å². The van der Waals surface area contributed by atoms with Crippen LogP contribution in [0.1, 0.15) is 10.5 Å². The highest BCUT2D eigenvalue weighted by Gasteiger charge is 2.21. The van der Waals surface area contributed by atoms with E-state index < -0.39 is 16.0 Å². The van der Waals surface area contributed by atoms with E-state index in [0.29, 0.717) is 0 Å². The first-order valence-corrected chi connectivity index (χ1v) is 7.07. The number of aryl methyl sites for hydroxylation is 1. The standard InChI is InChI=1S/C10H9ClN4O4S/c1-15-5-6(4-7(15)9(16)17)20(18,19)14-10-12-3-2-8(11)13-10/h2-5H,1H3,(H,16,17)(H,12,13,14). The number of hydrogen-bond donors (Lipinski definition) is 2. The highest BCUT2D eigenvalue weighted by molar-refractivity contribution is 7.92. The number of aromatic carboxylic acids is 1. The van der Waals surface area contributed by atoms with Gasteiger partial charge >= 0.3 is 5.97 Å². The quantitative estimate of drug-likeness (QED) is 0.812. The number of aromatic nitrogens is 3. The van der Waals surface area contributed by atoms with Crippen molar-refractivity contribution in [2.75, 3.05) is 4.72 Å². The second-order valence-corrected chi connectivity index (χ2v) is 5.86. The van der Waals surface area contributed by atoms with Crippen molar-refractivity contribution in [3.63, 3.8) is 0 Å². The summed E-state index contributed by atoms with van der Waals surface area (Å²) < 4.78 is 27.4. The number of anilines is 1. The third kappa shape index (κ3) is 2.89. The molecule has 0 atom stereocenters. The fourth-order valence-corrected chi connectivity index (χ4v) is 2.62. The third-order valence-electron chi connectivity index (χ3n) is 2.36. The van der Waals surface area contributed by atoms with E-state index in [1.807, 2.05) is 0 Å². The molecule has 2 aromatic heterocycles. The molecule has 2 heterocycles. The maximum absolute atomic E-state index is 12.1.